The molecule has 0 amide bonds. The fourth-order valence-electron chi connectivity index (χ4n) is 5.89. The highest BCUT2D eigenvalue weighted by Gasteiger charge is 2.46. The fraction of sp³-hybridized carbons (Fsp3) is 0.500. The number of allylic oxidation sites excluding steroid dienone is 1. The number of rotatable bonds is 5. The Hall–Kier alpha value is -2.36. The van der Waals surface area contributed by atoms with Gasteiger partial charge in [-0.1, -0.05) is 0 Å². The molecule has 0 N–H and O–H groups in total. The van der Waals surface area contributed by atoms with Crippen LogP contribution in [0.25, 0.3) is 11.8 Å². The molecule has 4 heteroatoms. The van der Waals surface area contributed by atoms with E-state index in [1.165, 1.54) is 50.9 Å². The molecule has 0 unspecified atom stereocenters. The number of carbonyl (C=O) groups is 2. The maximum absolute atomic E-state index is 11.9. The molecule has 1 aromatic carbocycles. The number of hydrogen-bond donors (Lipinski definition) is 0. The first-order valence-corrected chi connectivity index (χ1v) is 10.2. The molecule has 0 saturated heterocycles. The molecule has 0 atom stereocenters. The first kappa shape index (κ1) is 19.0. The van der Waals surface area contributed by atoms with Crippen molar-refractivity contribution in [2.45, 2.75) is 39.0 Å². The number of aldehydes is 1. The van der Waals surface area contributed by atoms with Gasteiger partial charge in [0, 0.05) is 17.2 Å². The Bertz CT molecular complexity index is 832. The lowest BCUT2D eigenvalue weighted by molar-refractivity contribution is -0.134. The van der Waals surface area contributed by atoms with Crippen LogP contribution < -0.4 is 0 Å². The highest BCUT2D eigenvalue weighted by Crippen LogP contribution is 2.58. The minimum absolute atomic E-state index is 0.413. The minimum atomic E-state index is -0.413. The van der Waals surface area contributed by atoms with E-state index in [0.717, 1.165) is 40.6 Å². The summed E-state index contributed by atoms with van der Waals surface area (Å²) < 4.78 is 10.6. The molecule has 4 nitrogen and oxygen atoms in total. The van der Waals surface area contributed by atoms with Gasteiger partial charge in [0.05, 0.1) is 14.2 Å². The maximum atomic E-state index is 11.9. The van der Waals surface area contributed by atoms with Gasteiger partial charge in [-0.25, -0.2) is 4.79 Å². The smallest absolute Gasteiger partial charge is 0.330 e. The highest BCUT2D eigenvalue weighted by atomic mass is 16.5. The van der Waals surface area contributed by atoms with Crippen molar-refractivity contribution in [3.8, 4) is 0 Å². The van der Waals surface area contributed by atoms with Gasteiger partial charge in [-0.15, -0.1) is 0 Å². The van der Waals surface area contributed by atoms with Crippen LogP contribution in [0.4, 0.5) is 0 Å². The third kappa shape index (κ3) is 3.30. The number of benzene rings is 1. The largest absolute Gasteiger partial charge is 0.496 e. The van der Waals surface area contributed by atoms with E-state index in [9.17, 15) is 9.59 Å². The number of carbonyl (C=O) groups excluding carboxylic acids is 2. The van der Waals surface area contributed by atoms with Crippen molar-refractivity contribution in [1.82, 2.24) is 0 Å². The molecule has 0 aliphatic heterocycles. The molecule has 0 aromatic heterocycles. The van der Waals surface area contributed by atoms with Crippen LogP contribution >= 0.6 is 0 Å². The lowest BCUT2D eigenvalue weighted by Gasteiger charge is -2.51. The Balaban J connectivity index is 1.77. The summed E-state index contributed by atoms with van der Waals surface area (Å²) in [4.78, 5) is 23.3. The van der Waals surface area contributed by atoms with Crippen molar-refractivity contribution in [2.75, 3.05) is 14.2 Å². The van der Waals surface area contributed by atoms with Crippen molar-refractivity contribution < 1.29 is 19.1 Å². The SMILES string of the molecule is COC(=O)/C=C/c1cc(C=O)c(C(OC)=C2C3CC4CC(C3)CC2C4)cc1C. The predicted molar refractivity (Wildman–Crippen MR) is 109 cm³/mol. The molecule has 4 aliphatic rings. The van der Waals surface area contributed by atoms with Crippen LogP contribution in [0.15, 0.2) is 23.8 Å². The van der Waals surface area contributed by atoms with E-state index in [1.807, 2.05) is 19.1 Å². The minimum Gasteiger partial charge on any atom is -0.496 e. The van der Waals surface area contributed by atoms with E-state index in [4.69, 9.17) is 4.74 Å². The third-order valence-corrected chi connectivity index (χ3v) is 6.89. The first-order valence-electron chi connectivity index (χ1n) is 10.2. The lowest BCUT2D eigenvalue weighted by Crippen LogP contribution is -2.41. The number of methoxy groups -OCH3 is 2. The molecule has 4 fully saturated rings. The second-order valence-corrected chi connectivity index (χ2v) is 8.56. The summed E-state index contributed by atoms with van der Waals surface area (Å²) in [6.45, 7) is 1.99. The summed E-state index contributed by atoms with van der Waals surface area (Å²) in [5.41, 5.74) is 4.76. The fourth-order valence-corrected chi connectivity index (χ4v) is 5.89. The van der Waals surface area contributed by atoms with Gasteiger partial charge in [0.2, 0.25) is 0 Å². The molecule has 4 saturated carbocycles. The molecule has 5 rings (SSSR count). The van der Waals surface area contributed by atoms with E-state index in [0.29, 0.717) is 17.4 Å². The van der Waals surface area contributed by atoms with Gasteiger partial charge in [0.15, 0.2) is 6.29 Å². The summed E-state index contributed by atoms with van der Waals surface area (Å²) in [6, 6.07) is 3.87. The molecule has 0 radical (unpaired) electrons. The number of hydrogen-bond acceptors (Lipinski definition) is 4. The average molecular weight is 380 g/mol. The Morgan fingerprint density at radius 1 is 0.964 bits per heavy atom. The van der Waals surface area contributed by atoms with Gasteiger partial charge in [-0.3, -0.25) is 4.79 Å². The molecule has 0 spiro atoms. The van der Waals surface area contributed by atoms with Crippen LogP contribution in [-0.2, 0) is 14.3 Å². The number of aryl methyl sites for hydroxylation is 1. The quantitative estimate of drug-likeness (QED) is 0.318. The van der Waals surface area contributed by atoms with Crippen molar-refractivity contribution in [3.63, 3.8) is 0 Å². The van der Waals surface area contributed by atoms with Crippen LogP contribution in [0.5, 0.6) is 0 Å². The summed E-state index contributed by atoms with van der Waals surface area (Å²) in [7, 11) is 3.07. The monoisotopic (exact) mass is 380 g/mol. The van der Waals surface area contributed by atoms with Crippen LogP contribution in [-0.4, -0.2) is 26.5 Å². The van der Waals surface area contributed by atoms with E-state index < -0.39 is 5.97 Å². The predicted octanol–water partition coefficient (Wildman–Crippen LogP) is 4.81. The van der Waals surface area contributed by atoms with Gasteiger partial charge in [0.1, 0.15) is 5.76 Å². The highest BCUT2D eigenvalue weighted by molar-refractivity contribution is 5.90. The van der Waals surface area contributed by atoms with Crippen molar-refractivity contribution in [3.05, 3.63) is 46.0 Å². The first-order chi connectivity index (χ1) is 13.5. The van der Waals surface area contributed by atoms with Crippen LogP contribution in [0.3, 0.4) is 0 Å². The Morgan fingerprint density at radius 3 is 2.14 bits per heavy atom. The van der Waals surface area contributed by atoms with Crippen molar-refractivity contribution in [1.29, 1.82) is 0 Å². The molecule has 4 bridgehead atoms. The molecule has 1 aromatic rings. The summed E-state index contributed by atoms with van der Waals surface area (Å²) in [5.74, 6) is 3.45. The molecular weight excluding hydrogens is 352 g/mol. The van der Waals surface area contributed by atoms with Gasteiger partial charge < -0.3 is 9.47 Å². The number of esters is 1. The van der Waals surface area contributed by atoms with E-state index in [1.54, 1.807) is 13.2 Å². The summed E-state index contributed by atoms with van der Waals surface area (Å²) in [5, 5.41) is 0. The van der Waals surface area contributed by atoms with E-state index in [-0.39, 0.29) is 0 Å². The molecule has 148 valence electrons. The van der Waals surface area contributed by atoms with E-state index >= 15 is 0 Å². The van der Waals surface area contributed by atoms with Gasteiger partial charge >= 0.3 is 5.97 Å². The van der Waals surface area contributed by atoms with Crippen molar-refractivity contribution in [2.24, 2.45) is 23.7 Å². The van der Waals surface area contributed by atoms with Gasteiger partial charge in [-0.2, -0.15) is 0 Å². The normalized spacial score (nSPS) is 27.9. The Kier molecular flexibility index (Phi) is 5.13. The maximum Gasteiger partial charge on any atom is 0.330 e. The van der Waals surface area contributed by atoms with Gasteiger partial charge in [0.25, 0.3) is 0 Å². The average Bonchev–Trinajstić information content (AvgIpc) is 2.68. The molecule has 28 heavy (non-hydrogen) atoms. The summed E-state index contributed by atoms with van der Waals surface area (Å²) in [6.07, 6.45) is 10.4. The van der Waals surface area contributed by atoms with E-state index in [2.05, 4.69) is 4.74 Å². The zero-order valence-electron chi connectivity index (χ0n) is 16.9. The van der Waals surface area contributed by atoms with Crippen LogP contribution in [0, 0.1) is 30.6 Å². The third-order valence-electron chi connectivity index (χ3n) is 6.89. The second-order valence-electron chi connectivity index (χ2n) is 8.56. The standard InChI is InChI=1S/C24H28O4/c1-14-6-21(20(13-25)12-17(14)4-5-22(26)27-2)24(28-3)23-18-8-15-7-16(10-18)11-19(23)9-15/h4-6,12-13,15-16,18-19H,7-11H2,1-3H3/b5-4+,24-23?. The van der Waals surface area contributed by atoms with Crippen LogP contribution in [0.1, 0.15) is 59.2 Å². The van der Waals surface area contributed by atoms with Gasteiger partial charge in [-0.05, 0) is 97.6 Å². The number of ether oxygens (including phenoxy) is 2. The lowest BCUT2D eigenvalue weighted by atomic mass is 9.54. The zero-order chi connectivity index (χ0) is 19.8. The topological polar surface area (TPSA) is 52.6 Å². The Morgan fingerprint density at radius 2 is 1.61 bits per heavy atom. The second kappa shape index (κ2) is 7.57. The summed E-state index contributed by atoms with van der Waals surface area (Å²) >= 11 is 0. The molecular formula is C24H28O4. The van der Waals surface area contributed by atoms with Crippen LogP contribution in [0.2, 0.25) is 0 Å². The zero-order valence-corrected chi connectivity index (χ0v) is 16.9. The van der Waals surface area contributed by atoms with Crippen molar-refractivity contribution >= 4 is 24.1 Å². The molecule has 4 aliphatic carbocycles. The molecule has 0 heterocycles. The Labute approximate surface area is 166 Å².